The topological polar surface area (TPSA) is 69.0 Å². The van der Waals surface area contributed by atoms with Crippen molar-refractivity contribution in [3.63, 3.8) is 0 Å². The first-order chi connectivity index (χ1) is 15.0. The minimum Gasteiger partial charge on any atom is -0.376 e. The van der Waals surface area contributed by atoms with Gasteiger partial charge >= 0.3 is 0 Å². The van der Waals surface area contributed by atoms with Crippen molar-refractivity contribution in [2.75, 3.05) is 17.7 Å². The second-order valence-corrected chi connectivity index (χ2v) is 8.72. The number of benzene rings is 2. The van der Waals surface area contributed by atoms with E-state index in [0.29, 0.717) is 33.3 Å². The maximum Gasteiger partial charge on any atom is 0.234 e. The van der Waals surface area contributed by atoms with E-state index in [0.717, 1.165) is 25.0 Å². The van der Waals surface area contributed by atoms with E-state index in [1.54, 1.807) is 30.3 Å². The lowest BCUT2D eigenvalue weighted by Crippen LogP contribution is -2.18. The zero-order chi connectivity index (χ0) is 21.8. The molecule has 10 heteroatoms. The Kier molecular flexibility index (Phi) is 7.12. The van der Waals surface area contributed by atoms with Crippen molar-refractivity contribution in [2.24, 2.45) is 0 Å². The summed E-state index contributed by atoms with van der Waals surface area (Å²) in [6.45, 7) is 1.29. The van der Waals surface area contributed by atoms with E-state index in [-0.39, 0.29) is 23.6 Å². The van der Waals surface area contributed by atoms with Gasteiger partial charge in [-0.25, -0.2) is 4.39 Å². The van der Waals surface area contributed by atoms with Crippen LogP contribution in [0.25, 0.3) is 11.4 Å². The molecule has 1 aliphatic heterocycles. The summed E-state index contributed by atoms with van der Waals surface area (Å²) in [7, 11) is 0. The molecular weight excluding hydrogens is 462 g/mol. The maximum atomic E-state index is 13.3. The number of nitrogens with one attached hydrogen (secondary N) is 1. The van der Waals surface area contributed by atoms with Crippen LogP contribution in [0.5, 0.6) is 0 Å². The molecule has 0 bridgehead atoms. The van der Waals surface area contributed by atoms with Gasteiger partial charge in [0.05, 0.1) is 34.1 Å². The van der Waals surface area contributed by atoms with E-state index in [9.17, 15) is 9.18 Å². The molecule has 0 spiro atoms. The summed E-state index contributed by atoms with van der Waals surface area (Å²) in [5.74, 6) is 0.149. The highest BCUT2D eigenvalue weighted by molar-refractivity contribution is 7.99. The van der Waals surface area contributed by atoms with Crippen molar-refractivity contribution in [3.8, 4) is 11.4 Å². The molecule has 162 valence electrons. The zero-order valence-electron chi connectivity index (χ0n) is 16.4. The number of nitrogens with zero attached hydrogens (tertiary/aromatic N) is 3. The van der Waals surface area contributed by atoms with E-state index >= 15 is 0 Å². The number of hydrogen-bond acceptors (Lipinski definition) is 5. The number of carbonyl (C=O) groups excluding carboxylic acids is 1. The molecule has 0 saturated carbocycles. The third-order valence-corrected chi connectivity index (χ3v) is 6.57. The number of aromatic nitrogens is 3. The first kappa shape index (κ1) is 22.1. The molecule has 1 atom stereocenters. The second-order valence-electron chi connectivity index (χ2n) is 7.00. The molecule has 3 aromatic rings. The van der Waals surface area contributed by atoms with Gasteiger partial charge < -0.3 is 10.1 Å². The number of ether oxygens (including phenoxy) is 1. The Labute approximate surface area is 193 Å². The number of thioether (sulfide) groups is 1. The molecule has 0 unspecified atom stereocenters. The van der Waals surface area contributed by atoms with Gasteiger partial charge in [-0.15, -0.1) is 10.2 Å². The van der Waals surface area contributed by atoms with Crippen molar-refractivity contribution in [3.05, 3.63) is 58.3 Å². The first-order valence-electron chi connectivity index (χ1n) is 9.68. The van der Waals surface area contributed by atoms with Crippen LogP contribution in [-0.2, 0) is 16.1 Å². The average molecular weight is 481 g/mol. The molecule has 1 N–H and O–H groups in total. The molecule has 1 fully saturated rings. The van der Waals surface area contributed by atoms with Gasteiger partial charge in [0.2, 0.25) is 5.91 Å². The number of amides is 1. The Morgan fingerprint density at radius 3 is 2.77 bits per heavy atom. The number of rotatable bonds is 7. The van der Waals surface area contributed by atoms with E-state index in [4.69, 9.17) is 27.9 Å². The van der Waals surface area contributed by atoms with E-state index in [1.807, 2.05) is 4.57 Å². The zero-order valence-corrected chi connectivity index (χ0v) is 18.7. The summed E-state index contributed by atoms with van der Waals surface area (Å²) in [6, 6.07) is 11.1. The van der Waals surface area contributed by atoms with Crippen molar-refractivity contribution < 1.29 is 13.9 Å². The fraction of sp³-hybridized carbons (Fsp3) is 0.286. The highest BCUT2D eigenvalue weighted by Gasteiger charge is 2.22. The Bertz CT molecular complexity index is 1070. The summed E-state index contributed by atoms with van der Waals surface area (Å²) < 4.78 is 21.0. The quantitative estimate of drug-likeness (QED) is 0.464. The fourth-order valence-corrected chi connectivity index (χ4v) is 4.38. The van der Waals surface area contributed by atoms with Gasteiger partial charge in [-0.1, -0.05) is 41.0 Å². The normalized spacial score (nSPS) is 15.9. The highest BCUT2D eigenvalue weighted by Crippen LogP contribution is 2.30. The predicted octanol–water partition coefficient (Wildman–Crippen LogP) is 5.30. The molecule has 0 aliphatic carbocycles. The van der Waals surface area contributed by atoms with Crippen molar-refractivity contribution in [1.82, 2.24) is 14.8 Å². The third-order valence-electron chi connectivity index (χ3n) is 4.79. The summed E-state index contributed by atoms with van der Waals surface area (Å²) in [4.78, 5) is 12.5. The van der Waals surface area contributed by atoms with Crippen LogP contribution in [0.3, 0.4) is 0 Å². The minimum atomic E-state index is -0.320. The van der Waals surface area contributed by atoms with Crippen LogP contribution in [0, 0.1) is 5.82 Å². The highest BCUT2D eigenvalue weighted by atomic mass is 35.5. The van der Waals surface area contributed by atoms with Crippen molar-refractivity contribution in [1.29, 1.82) is 0 Å². The minimum absolute atomic E-state index is 0.0497. The van der Waals surface area contributed by atoms with E-state index < -0.39 is 0 Å². The second kappa shape index (κ2) is 9.99. The van der Waals surface area contributed by atoms with Gasteiger partial charge in [-0.3, -0.25) is 9.36 Å². The van der Waals surface area contributed by atoms with Crippen LogP contribution in [0.1, 0.15) is 12.8 Å². The summed E-state index contributed by atoms with van der Waals surface area (Å²) in [5.41, 5.74) is 1.20. The number of carbonyl (C=O) groups is 1. The average Bonchev–Trinajstić information content (AvgIpc) is 3.41. The smallest absolute Gasteiger partial charge is 0.234 e. The van der Waals surface area contributed by atoms with Crippen molar-refractivity contribution in [2.45, 2.75) is 30.6 Å². The van der Waals surface area contributed by atoms with Crippen LogP contribution >= 0.6 is 35.0 Å². The lowest BCUT2D eigenvalue weighted by Gasteiger charge is -2.15. The Morgan fingerprint density at radius 1 is 1.23 bits per heavy atom. The Balaban J connectivity index is 1.51. The Hall–Kier alpha value is -2.13. The molecule has 1 amide bonds. The summed E-state index contributed by atoms with van der Waals surface area (Å²) in [6.07, 6.45) is 2.00. The Morgan fingerprint density at radius 2 is 2.03 bits per heavy atom. The van der Waals surface area contributed by atoms with Gasteiger partial charge in [0.25, 0.3) is 0 Å². The fourth-order valence-electron chi connectivity index (χ4n) is 3.28. The van der Waals surface area contributed by atoms with Gasteiger partial charge in [0.1, 0.15) is 5.82 Å². The molecule has 2 heterocycles. The molecule has 31 heavy (non-hydrogen) atoms. The van der Waals surface area contributed by atoms with Crippen LogP contribution in [0.2, 0.25) is 10.0 Å². The molecule has 1 aliphatic rings. The number of halogens is 3. The standard InChI is InChI=1S/C21H19Cl2FN4O2S/c22-16-4-1-5-17(19(16)23)25-18(29)12-31-21-27-26-20(13-6-8-14(24)9-7-13)28(21)11-15-3-2-10-30-15/h1,4-9,15H,2-3,10-12H2,(H,25,29)/t15-/m0/s1. The lowest BCUT2D eigenvalue weighted by molar-refractivity contribution is -0.113. The van der Waals surface area contributed by atoms with Crippen LogP contribution in [0.4, 0.5) is 10.1 Å². The molecule has 0 radical (unpaired) electrons. The van der Waals surface area contributed by atoms with Crippen LogP contribution in [0.15, 0.2) is 47.6 Å². The molecular formula is C21H19Cl2FN4O2S. The first-order valence-corrected chi connectivity index (χ1v) is 11.4. The number of hydrogen-bond donors (Lipinski definition) is 1. The third kappa shape index (κ3) is 5.38. The van der Waals surface area contributed by atoms with Gasteiger partial charge in [0.15, 0.2) is 11.0 Å². The van der Waals surface area contributed by atoms with Crippen LogP contribution < -0.4 is 5.32 Å². The lowest BCUT2D eigenvalue weighted by atomic mass is 10.2. The monoisotopic (exact) mass is 480 g/mol. The predicted molar refractivity (Wildman–Crippen MR) is 120 cm³/mol. The number of anilines is 1. The largest absolute Gasteiger partial charge is 0.376 e. The van der Waals surface area contributed by atoms with E-state index in [2.05, 4.69) is 15.5 Å². The van der Waals surface area contributed by atoms with Crippen molar-refractivity contribution >= 4 is 46.6 Å². The van der Waals surface area contributed by atoms with Gasteiger partial charge in [-0.05, 0) is 49.2 Å². The van der Waals surface area contributed by atoms with Crippen LogP contribution in [-0.4, -0.2) is 39.1 Å². The molecule has 2 aromatic carbocycles. The molecule has 1 saturated heterocycles. The molecule has 4 rings (SSSR count). The SMILES string of the molecule is O=C(CSc1nnc(-c2ccc(F)cc2)n1C[C@@H]1CCCO1)Nc1cccc(Cl)c1Cl. The summed E-state index contributed by atoms with van der Waals surface area (Å²) >= 11 is 13.4. The summed E-state index contributed by atoms with van der Waals surface area (Å²) in [5, 5.41) is 12.6. The molecule has 1 aromatic heterocycles. The van der Waals surface area contributed by atoms with E-state index in [1.165, 1.54) is 23.9 Å². The van der Waals surface area contributed by atoms with Gasteiger partial charge in [0, 0.05) is 12.2 Å². The van der Waals surface area contributed by atoms with Gasteiger partial charge in [-0.2, -0.15) is 0 Å². The molecule has 6 nitrogen and oxygen atoms in total. The maximum absolute atomic E-state index is 13.3.